The van der Waals surface area contributed by atoms with E-state index in [-0.39, 0.29) is 16.6 Å². The van der Waals surface area contributed by atoms with Crippen LogP contribution in [0.3, 0.4) is 0 Å². The van der Waals surface area contributed by atoms with Crippen molar-refractivity contribution in [2.75, 3.05) is 12.5 Å². The Morgan fingerprint density at radius 3 is 2.14 bits per heavy atom. The fourth-order valence-electron chi connectivity index (χ4n) is 1.85. The van der Waals surface area contributed by atoms with Crippen LogP contribution in [0.4, 0.5) is 13.2 Å². The fourth-order valence-corrected chi connectivity index (χ4v) is 3.29. The van der Waals surface area contributed by atoms with Crippen LogP contribution in [0.5, 0.6) is 5.75 Å². The van der Waals surface area contributed by atoms with Crippen molar-refractivity contribution in [3.05, 3.63) is 36.4 Å². The van der Waals surface area contributed by atoms with Crippen molar-refractivity contribution in [2.24, 2.45) is 0 Å². The summed E-state index contributed by atoms with van der Waals surface area (Å²) < 4.78 is 63.8. The lowest BCUT2D eigenvalue weighted by Gasteiger charge is -2.12. The van der Waals surface area contributed by atoms with Gasteiger partial charge in [0, 0.05) is 21.7 Å². The van der Waals surface area contributed by atoms with Crippen LogP contribution in [0.1, 0.15) is 0 Å². The van der Waals surface area contributed by atoms with E-state index in [0.29, 0.717) is 10.8 Å². The molecule has 0 aliphatic rings. The molecule has 0 fully saturated rings. The van der Waals surface area contributed by atoms with Crippen LogP contribution in [0.15, 0.2) is 41.3 Å². The second-order valence-corrected chi connectivity index (χ2v) is 8.02. The van der Waals surface area contributed by atoms with Crippen molar-refractivity contribution in [3.8, 4) is 5.75 Å². The predicted octanol–water partition coefficient (Wildman–Crippen LogP) is 3.31. The first-order valence-electron chi connectivity index (χ1n) is 5.73. The van der Waals surface area contributed by atoms with Gasteiger partial charge in [-0.25, -0.2) is 0 Å². The highest BCUT2D eigenvalue weighted by Gasteiger charge is 2.48. The van der Waals surface area contributed by atoms with E-state index in [9.17, 15) is 21.6 Å². The molecule has 0 heterocycles. The topological polar surface area (TPSA) is 43.4 Å². The van der Waals surface area contributed by atoms with Gasteiger partial charge in [-0.2, -0.15) is 21.6 Å². The lowest BCUT2D eigenvalue weighted by molar-refractivity contribution is -0.0499. The molecule has 0 saturated carbocycles. The van der Waals surface area contributed by atoms with Crippen LogP contribution in [-0.4, -0.2) is 26.4 Å². The third kappa shape index (κ3) is 3.11. The number of hydrogen-bond donors (Lipinski definition) is 0. The summed E-state index contributed by atoms with van der Waals surface area (Å²) in [4.78, 5) is 0.933. The molecule has 114 valence electrons. The minimum Gasteiger partial charge on any atom is -0.375 e. The van der Waals surface area contributed by atoms with Crippen molar-refractivity contribution in [1.29, 1.82) is 0 Å². The first-order chi connectivity index (χ1) is 9.63. The van der Waals surface area contributed by atoms with E-state index >= 15 is 0 Å². The Morgan fingerprint density at radius 1 is 1.00 bits per heavy atom. The summed E-state index contributed by atoms with van der Waals surface area (Å²) in [5, 5.41) is 1.02. The fraction of sp³-hybridized carbons (Fsp3) is 0.231. The van der Waals surface area contributed by atoms with Gasteiger partial charge in [-0.15, -0.1) is 0 Å². The van der Waals surface area contributed by atoms with Gasteiger partial charge in [0.25, 0.3) is 0 Å². The molecule has 8 heteroatoms. The highest BCUT2D eigenvalue weighted by Crippen LogP contribution is 2.34. The molecule has 21 heavy (non-hydrogen) atoms. The number of halogens is 3. The quantitative estimate of drug-likeness (QED) is 0.490. The highest BCUT2D eigenvalue weighted by atomic mass is 32.2. The number of alkyl halides is 3. The van der Waals surface area contributed by atoms with Gasteiger partial charge in [-0.3, -0.25) is 0 Å². The average Bonchev–Trinajstić information content (AvgIpc) is 2.36. The van der Waals surface area contributed by atoms with E-state index in [1.165, 1.54) is 18.2 Å². The van der Waals surface area contributed by atoms with Gasteiger partial charge in [0.2, 0.25) is 0 Å². The van der Waals surface area contributed by atoms with Gasteiger partial charge >= 0.3 is 15.6 Å². The van der Waals surface area contributed by atoms with Crippen molar-refractivity contribution < 1.29 is 25.8 Å². The Morgan fingerprint density at radius 2 is 1.57 bits per heavy atom. The van der Waals surface area contributed by atoms with Crippen molar-refractivity contribution in [2.45, 2.75) is 10.4 Å². The molecule has 0 aliphatic carbocycles. The summed E-state index contributed by atoms with van der Waals surface area (Å²) in [5.41, 5.74) is -5.45. The maximum absolute atomic E-state index is 12.4. The Kier molecular flexibility index (Phi) is 4.12. The van der Waals surface area contributed by atoms with Crippen LogP contribution in [-0.2, 0) is 21.0 Å². The van der Waals surface area contributed by atoms with Crippen molar-refractivity contribution >= 4 is 31.8 Å². The standard InChI is InChI=1S/C13H12F3O3S2/c1-20(2)12-8-4-5-9-10(12)6-3-7-11(9)19-21(17,18)13(14,15)16/h3-8H,1-2H3/q+1. The van der Waals surface area contributed by atoms with Gasteiger partial charge in [-0.1, -0.05) is 18.2 Å². The van der Waals surface area contributed by atoms with Crippen LogP contribution in [0, 0.1) is 0 Å². The monoisotopic (exact) mass is 337 g/mol. The minimum absolute atomic E-state index is 0.129. The van der Waals surface area contributed by atoms with Gasteiger partial charge < -0.3 is 4.18 Å². The maximum atomic E-state index is 12.4. The van der Waals surface area contributed by atoms with E-state index in [2.05, 4.69) is 4.18 Å². The van der Waals surface area contributed by atoms with Gasteiger partial charge in [0.05, 0.1) is 0 Å². The zero-order valence-electron chi connectivity index (χ0n) is 11.1. The molecule has 0 radical (unpaired) electrons. The molecule has 0 saturated heterocycles. The molecule has 0 atom stereocenters. The molecule has 0 aromatic heterocycles. The van der Waals surface area contributed by atoms with Gasteiger partial charge in [0.15, 0.2) is 10.6 Å². The molecule has 0 amide bonds. The average molecular weight is 337 g/mol. The summed E-state index contributed by atoms with van der Waals surface area (Å²) in [7, 11) is -5.80. The Balaban J connectivity index is 2.60. The minimum atomic E-state index is -5.67. The number of rotatable bonds is 3. The number of hydrogen-bond acceptors (Lipinski definition) is 3. The Labute approximate surface area is 123 Å². The number of fused-ring (bicyclic) bond motifs is 1. The molecule has 2 rings (SSSR count). The SMILES string of the molecule is C[S+](C)c1cccc2c(OS(=O)(=O)C(F)(F)F)cccc12. The van der Waals surface area contributed by atoms with E-state index in [1.54, 1.807) is 12.1 Å². The first-order valence-corrected chi connectivity index (χ1v) is 9.18. The van der Waals surface area contributed by atoms with Crippen molar-refractivity contribution in [3.63, 3.8) is 0 Å². The molecule has 0 bridgehead atoms. The van der Waals surface area contributed by atoms with Crippen LogP contribution in [0.25, 0.3) is 10.8 Å². The molecule has 3 nitrogen and oxygen atoms in total. The van der Waals surface area contributed by atoms with Crippen LogP contribution >= 0.6 is 0 Å². The summed E-state index contributed by atoms with van der Waals surface area (Å²) in [5.74, 6) is -0.322. The normalized spacial score (nSPS) is 12.9. The zero-order valence-corrected chi connectivity index (χ0v) is 12.8. The number of benzene rings is 2. The molecule has 0 spiro atoms. The van der Waals surface area contributed by atoms with Crippen LogP contribution in [0.2, 0.25) is 0 Å². The summed E-state index contributed by atoms with van der Waals surface area (Å²) >= 11 is 0. The summed E-state index contributed by atoms with van der Waals surface area (Å²) in [6.07, 6.45) is 3.93. The van der Waals surface area contributed by atoms with E-state index in [0.717, 1.165) is 4.90 Å². The largest absolute Gasteiger partial charge is 0.534 e. The maximum Gasteiger partial charge on any atom is 0.534 e. The summed E-state index contributed by atoms with van der Waals surface area (Å²) in [6.45, 7) is 0. The molecule has 2 aromatic carbocycles. The summed E-state index contributed by atoms with van der Waals surface area (Å²) in [6, 6.07) is 9.46. The first kappa shape index (κ1) is 16.0. The van der Waals surface area contributed by atoms with E-state index < -0.39 is 15.6 Å². The third-order valence-corrected chi connectivity index (χ3v) is 4.97. The second-order valence-electron chi connectivity index (χ2n) is 4.41. The predicted molar refractivity (Wildman–Crippen MR) is 77.0 cm³/mol. The molecular weight excluding hydrogens is 325 g/mol. The van der Waals surface area contributed by atoms with E-state index in [1.807, 2.05) is 18.6 Å². The lowest BCUT2D eigenvalue weighted by atomic mass is 10.1. The third-order valence-electron chi connectivity index (χ3n) is 2.76. The Hall–Kier alpha value is -1.41. The lowest BCUT2D eigenvalue weighted by Crippen LogP contribution is -2.28. The molecule has 0 aliphatic heterocycles. The van der Waals surface area contributed by atoms with Gasteiger partial charge in [0.1, 0.15) is 12.5 Å². The molecule has 2 aromatic rings. The van der Waals surface area contributed by atoms with Gasteiger partial charge in [-0.05, 0) is 18.2 Å². The molecule has 0 N–H and O–H groups in total. The molecular formula is C13H12F3O3S2+. The van der Waals surface area contributed by atoms with E-state index in [4.69, 9.17) is 0 Å². The van der Waals surface area contributed by atoms with Crippen molar-refractivity contribution in [1.82, 2.24) is 0 Å². The zero-order chi connectivity index (χ0) is 15.8. The Bertz CT molecular complexity index is 768. The smallest absolute Gasteiger partial charge is 0.375 e. The van der Waals surface area contributed by atoms with Crippen LogP contribution < -0.4 is 4.18 Å². The second kappa shape index (κ2) is 5.42. The highest BCUT2D eigenvalue weighted by molar-refractivity contribution is 7.95. The molecule has 0 unspecified atom stereocenters.